The van der Waals surface area contributed by atoms with Crippen LogP contribution >= 0.6 is 27.3 Å². The number of carbonyl (C=O) groups is 1. The molecule has 4 heteroatoms. The quantitative estimate of drug-likeness (QED) is 0.876. The number of nitrogens with one attached hydrogen (secondary N) is 1. The average Bonchev–Trinajstić information content (AvgIpc) is 2.70. The van der Waals surface area contributed by atoms with Gasteiger partial charge in [0.2, 0.25) is 0 Å². The number of halogens is 1. The van der Waals surface area contributed by atoms with Gasteiger partial charge >= 0.3 is 0 Å². The van der Waals surface area contributed by atoms with Gasteiger partial charge in [-0.25, -0.2) is 0 Å². The van der Waals surface area contributed by atoms with Crippen LogP contribution in [-0.2, 0) is 0 Å². The highest BCUT2D eigenvalue weighted by atomic mass is 79.9. The van der Waals surface area contributed by atoms with Gasteiger partial charge in [-0.2, -0.15) is 0 Å². The van der Waals surface area contributed by atoms with Crippen molar-refractivity contribution >= 4 is 33.2 Å². The van der Waals surface area contributed by atoms with Crippen LogP contribution in [0.25, 0.3) is 0 Å². The highest BCUT2D eigenvalue weighted by molar-refractivity contribution is 9.10. The molecule has 3 atom stereocenters. The molecule has 1 saturated carbocycles. The van der Waals surface area contributed by atoms with Gasteiger partial charge in [-0.3, -0.25) is 4.79 Å². The van der Waals surface area contributed by atoms with Crippen LogP contribution in [0.4, 0.5) is 0 Å². The Kier molecular flexibility index (Phi) is 4.26. The molecule has 1 aromatic rings. The van der Waals surface area contributed by atoms with Crippen LogP contribution in [0, 0.1) is 11.8 Å². The first-order valence-electron chi connectivity index (χ1n) is 6.11. The summed E-state index contributed by atoms with van der Waals surface area (Å²) in [5, 5.41) is 5.09. The lowest BCUT2D eigenvalue weighted by molar-refractivity contribution is 0.0914. The molecule has 1 aliphatic rings. The summed E-state index contributed by atoms with van der Waals surface area (Å²) >= 11 is 4.89. The highest BCUT2D eigenvalue weighted by Gasteiger charge is 2.26. The SMILES string of the molecule is CC1CCC(NC(=O)c2sccc2Br)CC1C. The van der Waals surface area contributed by atoms with E-state index < -0.39 is 0 Å². The van der Waals surface area contributed by atoms with E-state index in [4.69, 9.17) is 0 Å². The van der Waals surface area contributed by atoms with E-state index in [0.717, 1.165) is 28.1 Å². The van der Waals surface area contributed by atoms with Gasteiger partial charge in [-0.05, 0) is 58.5 Å². The van der Waals surface area contributed by atoms with E-state index in [1.54, 1.807) is 0 Å². The van der Waals surface area contributed by atoms with E-state index in [9.17, 15) is 4.79 Å². The van der Waals surface area contributed by atoms with E-state index >= 15 is 0 Å². The lowest BCUT2D eigenvalue weighted by Gasteiger charge is -2.32. The summed E-state index contributed by atoms with van der Waals surface area (Å²) in [6.07, 6.45) is 3.44. The molecule has 1 amide bonds. The molecule has 0 aromatic carbocycles. The molecule has 0 radical (unpaired) electrons. The van der Waals surface area contributed by atoms with E-state index in [1.165, 1.54) is 17.8 Å². The van der Waals surface area contributed by atoms with Crippen LogP contribution in [0.15, 0.2) is 15.9 Å². The zero-order valence-corrected chi connectivity index (χ0v) is 12.6. The van der Waals surface area contributed by atoms with Gasteiger partial charge in [-0.15, -0.1) is 11.3 Å². The van der Waals surface area contributed by atoms with Crippen LogP contribution in [-0.4, -0.2) is 11.9 Å². The highest BCUT2D eigenvalue weighted by Crippen LogP contribution is 2.30. The van der Waals surface area contributed by atoms with Crippen molar-refractivity contribution in [2.24, 2.45) is 11.8 Å². The van der Waals surface area contributed by atoms with Crippen molar-refractivity contribution in [3.8, 4) is 0 Å². The number of amides is 1. The summed E-state index contributed by atoms with van der Waals surface area (Å²) < 4.78 is 0.900. The third kappa shape index (κ3) is 3.10. The molecule has 2 rings (SSSR count). The molecule has 2 nitrogen and oxygen atoms in total. The number of rotatable bonds is 2. The van der Waals surface area contributed by atoms with E-state index in [1.807, 2.05) is 11.4 Å². The largest absolute Gasteiger partial charge is 0.349 e. The number of thiophene rings is 1. The van der Waals surface area contributed by atoms with Crippen molar-refractivity contribution in [1.29, 1.82) is 0 Å². The van der Waals surface area contributed by atoms with Crippen molar-refractivity contribution in [3.05, 3.63) is 20.8 Å². The smallest absolute Gasteiger partial charge is 0.262 e. The Hall–Kier alpha value is -0.350. The van der Waals surface area contributed by atoms with Crippen LogP contribution in [0.5, 0.6) is 0 Å². The Morgan fingerprint density at radius 1 is 1.41 bits per heavy atom. The van der Waals surface area contributed by atoms with E-state index in [-0.39, 0.29) is 5.91 Å². The van der Waals surface area contributed by atoms with Gasteiger partial charge in [0.25, 0.3) is 5.91 Å². The second-order valence-electron chi connectivity index (χ2n) is 5.04. The number of carbonyl (C=O) groups excluding carboxylic acids is 1. The molecule has 0 spiro atoms. The maximum atomic E-state index is 12.1. The van der Waals surface area contributed by atoms with Gasteiger partial charge in [0, 0.05) is 10.5 Å². The fourth-order valence-electron chi connectivity index (χ4n) is 2.39. The molecule has 1 aromatic heterocycles. The lowest BCUT2D eigenvalue weighted by Crippen LogP contribution is -2.39. The molecule has 1 fully saturated rings. The van der Waals surface area contributed by atoms with Gasteiger partial charge in [0.15, 0.2) is 0 Å². The molecule has 0 aliphatic heterocycles. The van der Waals surface area contributed by atoms with E-state index in [2.05, 4.69) is 35.1 Å². The second-order valence-corrected chi connectivity index (χ2v) is 6.81. The predicted octanol–water partition coefficient (Wildman–Crippen LogP) is 4.07. The molecule has 1 heterocycles. The second kappa shape index (κ2) is 5.53. The minimum absolute atomic E-state index is 0.0682. The van der Waals surface area contributed by atoms with Gasteiger partial charge in [-0.1, -0.05) is 13.8 Å². The van der Waals surface area contributed by atoms with Crippen LogP contribution in [0.1, 0.15) is 42.8 Å². The van der Waals surface area contributed by atoms with Crippen molar-refractivity contribution in [2.75, 3.05) is 0 Å². The maximum absolute atomic E-state index is 12.1. The number of hydrogen-bond acceptors (Lipinski definition) is 2. The van der Waals surface area contributed by atoms with Crippen molar-refractivity contribution in [1.82, 2.24) is 5.32 Å². The minimum atomic E-state index is 0.0682. The molecular formula is C13H18BrNOS. The van der Waals surface area contributed by atoms with Crippen molar-refractivity contribution in [3.63, 3.8) is 0 Å². The summed E-state index contributed by atoms with van der Waals surface area (Å²) in [7, 11) is 0. The summed E-state index contributed by atoms with van der Waals surface area (Å²) in [6, 6.07) is 2.27. The zero-order chi connectivity index (χ0) is 12.4. The molecule has 1 aliphatic carbocycles. The molecular weight excluding hydrogens is 298 g/mol. The summed E-state index contributed by atoms with van der Waals surface area (Å²) in [4.78, 5) is 12.8. The standard InChI is InChI=1S/C13H18BrNOS/c1-8-3-4-10(7-9(8)2)15-13(16)12-11(14)5-6-17-12/h5-6,8-10H,3-4,7H2,1-2H3,(H,15,16). The molecule has 0 bridgehead atoms. The Labute approximate surface area is 115 Å². The predicted molar refractivity (Wildman–Crippen MR) is 75.5 cm³/mol. The third-order valence-corrected chi connectivity index (χ3v) is 5.59. The normalized spacial score (nSPS) is 29.0. The summed E-state index contributed by atoms with van der Waals surface area (Å²) in [5.74, 6) is 1.57. The first-order chi connectivity index (χ1) is 8.08. The maximum Gasteiger partial charge on any atom is 0.262 e. The van der Waals surface area contributed by atoms with Crippen LogP contribution < -0.4 is 5.32 Å². The Morgan fingerprint density at radius 2 is 2.18 bits per heavy atom. The van der Waals surface area contributed by atoms with Gasteiger partial charge in [0.05, 0.1) is 0 Å². The minimum Gasteiger partial charge on any atom is -0.349 e. The first kappa shape index (κ1) is 13.1. The first-order valence-corrected chi connectivity index (χ1v) is 7.79. The number of hydrogen-bond donors (Lipinski definition) is 1. The summed E-state index contributed by atoms with van der Waals surface area (Å²) in [6.45, 7) is 4.59. The van der Waals surface area contributed by atoms with Crippen LogP contribution in [0.3, 0.4) is 0 Å². The third-order valence-electron chi connectivity index (χ3n) is 3.76. The van der Waals surface area contributed by atoms with Crippen LogP contribution in [0.2, 0.25) is 0 Å². The fraction of sp³-hybridized carbons (Fsp3) is 0.615. The van der Waals surface area contributed by atoms with Gasteiger partial charge in [0.1, 0.15) is 4.88 Å². The average molecular weight is 316 g/mol. The Balaban J connectivity index is 1.94. The lowest BCUT2D eigenvalue weighted by atomic mass is 9.79. The Morgan fingerprint density at radius 3 is 2.76 bits per heavy atom. The van der Waals surface area contributed by atoms with E-state index in [0.29, 0.717) is 12.0 Å². The van der Waals surface area contributed by atoms with Crippen molar-refractivity contribution in [2.45, 2.75) is 39.2 Å². The molecule has 3 unspecified atom stereocenters. The monoisotopic (exact) mass is 315 g/mol. The molecule has 17 heavy (non-hydrogen) atoms. The summed E-state index contributed by atoms with van der Waals surface area (Å²) in [5.41, 5.74) is 0. The molecule has 0 saturated heterocycles. The Bertz CT molecular complexity index is 404. The topological polar surface area (TPSA) is 29.1 Å². The van der Waals surface area contributed by atoms with Gasteiger partial charge < -0.3 is 5.32 Å². The molecule has 1 N–H and O–H groups in total. The van der Waals surface area contributed by atoms with Crippen molar-refractivity contribution < 1.29 is 4.79 Å². The molecule has 94 valence electrons. The zero-order valence-electron chi connectivity index (χ0n) is 10.2. The fourth-order valence-corrected chi connectivity index (χ4v) is 3.84.